The number of hydrogen-bond acceptors (Lipinski definition) is 3. The number of amides is 2. The fraction of sp³-hybridized carbons (Fsp3) is 0.467. The Morgan fingerprint density at radius 2 is 1.80 bits per heavy atom. The third kappa shape index (κ3) is 4.66. The van der Waals surface area contributed by atoms with Crippen LogP contribution in [0.5, 0.6) is 0 Å². The topological polar surface area (TPSA) is 67.4 Å². The van der Waals surface area contributed by atoms with E-state index in [0.717, 1.165) is 6.42 Å². The van der Waals surface area contributed by atoms with Gasteiger partial charge < -0.3 is 15.4 Å². The number of hydrogen-bond donors (Lipinski definition) is 2. The fourth-order valence-corrected chi connectivity index (χ4v) is 1.55. The second-order valence-electron chi connectivity index (χ2n) is 5.05. The third-order valence-corrected chi connectivity index (χ3v) is 2.98. The molecule has 20 heavy (non-hydrogen) atoms. The lowest BCUT2D eigenvalue weighted by Crippen LogP contribution is -2.45. The summed E-state index contributed by atoms with van der Waals surface area (Å²) in [7, 11) is 1.61. The van der Waals surface area contributed by atoms with Gasteiger partial charge in [-0.05, 0) is 32.4 Å². The van der Waals surface area contributed by atoms with Crippen molar-refractivity contribution in [3.63, 3.8) is 0 Å². The van der Waals surface area contributed by atoms with Gasteiger partial charge >= 0.3 is 0 Å². The average molecular weight is 278 g/mol. The Hall–Kier alpha value is -1.88. The number of ether oxygens (including phenoxy) is 1. The largest absolute Gasteiger partial charge is 0.385 e. The van der Waals surface area contributed by atoms with Gasteiger partial charge in [0.25, 0.3) is 0 Å². The summed E-state index contributed by atoms with van der Waals surface area (Å²) in [6.45, 7) is 4.29. The van der Waals surface area contributed by atoms with Crippen molar-refractivity contribution in [2.24, 2.45) is 5.41 Å². The van der Waals surface area contributed by atoms with Gasteiger partial charge in [0.05, 0.1) is 0 Å². The van der Waals surface area contributed by atoms with Gasteiger partial charge in [-0.1, -0.05) is 18.2 Å². The smallest absolute Gasteiger partial charge is 0.239 e. The van der Waals surface area contributed by atoms with Crippen LogP contribution >= 0.6 is 0 Å². The molecule has 5 heteroatoms. The van der Waals surface area contributed by atoms with Crippen LogP contribution in [-0.4, -0.2) is 32.1 Å². The minimum Gasteiger partial charge on any atom is -0.385 e. The van der Waals surface area contributed by atoms with Gasteiger partial charge in [-0.3, -0.25) is 9.59 Å². The standard InChI is InChI=1S/C15H22N2O3/c1-15(2,13(18)16-10-7-11-20-3)14(19)17-12-8-5-4-6-9-12/h4-6,8-9H,7,10-11H2,1-3H3,(H,16,18)(H,17,19). The maximum absolute atomic E-state index is 12.2. The van der Waals surface area contributed by atoms with Crippen LogP contribution < -0.4 is 10.6 Å². The summed E-state index contributed by atoms with van der Waals surface area (Å²) in [5.74, 6) is -0.616. The van der Waals surface area contributed by atoms with E-state index < -0.39 is 5.41 Å². The number of anilines is 1. The van der Waals surface area contributed by atoms with Gasteiger partial charge in [-0.2, -0.15) is 0 Å². The lowest BCUT2D eigenvalue weighted by Gasteiger charge is -2.22. The molecule has 2 N–H and O–H groups in total. The predicted molar refractivity (Wildman–Crippen MR) is 78.4 cm³/mol. The Labute approximate surface area is 119 Å². The number of benzene rings is 1. The van der Waals surface area contributed by atoms with Crippen molar-refractivity contribution in [3.8, 4) is 0 Å². The van der Waals surface area contributed by atoms with E-state index in [9.17, 15) is 9.59 Å². The van der Waals surface area contributed by atoms with Crippen LogP contribution in [0.4, 0.5) is 5.69 Å². The Kier molecular flexibility index (Phi) is 6.18. The van der Waals surface area contributed by atoms with Crippen molar-refractivity contribution >= 4 is 17.5 Å². The highest BCUT2D eigenvalue weighted by atomic mass is 16.5. The van der Waals surface area contributed by atoms with Gasteiger partial charge in [0.15, 0.2) is 0 Å². The number of carbonyl (C=O) groups is 2. The van der Waals surface area contributed by atoms with Crippen LogP contribution in [-0.2, 0) is 14.3 Å². The van der Waals surface area contributed by atoms with Gasteiger partial charge in [0, 0.05) is 25.9 Å². The summed E-state index contributed by atoms with van der Waals surface area (Å²) < 4.78 is 4.91. The van der Waals surface area contributed by atoms with Crippen LogP contribution in [0.2, 0.25) is 0 Å². The zero-order valence-electron chi connectivity index (χ0n) is 12.2. The summed E-state index contributed by atoms with van der Waals surface area (Å²) in [6.07, 6.45) is 0.721. The average Bonchev–Trinajstić information content (AvgIpc) is 2.44. The molecule has 1 aromatic rings. The van der Waals surface area contributed by atoms with Crippen LogP contribution in [0.1, 0.15) is 20.3 Å². The molecule has 2 amide bonds. The Morgan fingerprint density at radius 1 is 1.15 bits per heavy atom. The highest BCUT2D eigenvalue weighted by molar-refractivity contribution is 6.09. The van der Waals surface area contributed by atoms with Crippen LogP contribution in [0.25, 0.3) is 0 Å². The fourth-order valence-electron chi connectivity index (χ4n) is 1.55. The van der Waals surface area contributed by atoms with E-state index in [1.165, 1.54) is 0 Å². The highest BCUT2D eigenvalue weighted by Crippen LogP contribution is 2.18. The summed E-state index contributed by atoms with van der Waals surface area (Å²) in [6, 6.07) is 9.08. The van der Waals surface area contributed by atoms with Gasteiger partial charge in [0.2, 0.25) is 11.8 Å². The highest BCUT2D eigenvalue weighted by Gasteiger charge is 2.35. The molecule has 110 valence electrons. The van der Waals surface area contributed by atoms with Gasteiger partial charge in [-0.25, -0.2) is 0 Å². The molecular formula is C15H22N2O3. The van der Waals surface area contributed by atoms with Crippen molar-refractivity contribution in [2.75, 3.05) is 25.6 Å². The van der Waals surface area contributed by atoms with E-state index in [-0.39, 0.29) is 11.8 Å². The molecule has 1 rings (SSSR count). The molecule has 0 bridgehead atoms. The normalized spacial score (nSPS) is 10.9. The minimum absolute atomic E-state index is 0.290. The number of para-hydroxylation sites is 1. The van der Waals surface area contributed by atoms with E-state index >= 15 is 0 Å². The lowest BCUT2D eigenvalue weighted by molar-refractivity contribution is -0.138. The van der Waals surface area contributed by atoms with Crippen molar-refractivity contribution in [2.45, 2.75) is 20.3 Å². The minimum atomic E-state index is -1.12. The molecule has 0 aliphatic heterocycles. The first-order valence-corrected chi connectivity index (χ1v) is 6.62. The van der Waals surface area contributed by atoms with Crippen molar-refractivity contribution in [1.82, 2.24) is 5.32 Å². The molecule has 0 aromatic heterocycles. The van der Waals surface area contributed by atoms with Crippen molar-refractivity contribution in [3.05, 3.63) is 30.3 Å². The molecule has 0 fully saturated rings. The van der Waals surface area contributed by atoms with Crippen LogP contribution in [0.15, 0.2) is 30.3 Å². The first-order valence-electron chi connectivity index (χ1n) is 6.62. The number of nitrogens with one attached hydrogen (secondary N) is 2. The predicted octanol–water partition coefficient (Wildman–Crippen LogP) is 1.80. The molecular weight excluding hydrogens is 256 g/mol. The van der Waals surface area contributed by atoms with Crippen LogP contribution in [0, 0.1) is 5.41 Å². The van der Waals surface area contributed by atoms with Crippen molar-refractivity contribution < 1.29 is 14.3 Å². The molecule has 0 unspecified atom stereocenters. The summed E-state index contributed by atoms with van der Waals surface area (Å²) in [4.78, 5) is 24.2. The number of carbonyl (C=O) groups excluding carboxylic acids is 2. The SMILES string of the molecule is COCCCNC(=O)C(C)(C)C(=O)Nc1ccccc1. The molecule has 0 aliphatic rings. The van der Waals surface area contributed by atoms with Gasteiger partial charge in [0.1, 0.15) is 5.41 Å². The maximum Gasteiger partial charge on any atom is 0.239 e. The number of rotatable bonds is 7. The molecule has 0 spiro atoms. The third-order valence-electron chi connectivity index (χ3n) is 2.98. The molecule has 0 radical (unpaired) electrons. The van der Waals surface area contributed by atoms with E-state index in [1.807, 2.05) is 18.2 Å². The molecule has 0 saturated carbocycles. The lowest BCUT2D eigenvalue weighted by atomic mass is 9.91. The van der Waals surface area contributed by atoms with E-state index in [0.29, 0.717) is 18.8 Å². The Bertz CT molecular complexity index is 444. The summed E-state index contributed by atoms with van der Waals surface area (Å²) >= 11 is 0. The molecule has 1 aromatic carbocycles. The van der Waals surface area contributed by atoms with E-state index in [4.69, 9.17) is 4.74 Å². The molecule has 0 atom stereocenters. The van der Waals surface area contributed by atoms with E-state index in [2.05, 4.69) is 10.6 Å². The second kappa shape index (κ2) is 7.65. The molecule has 5 nitrogen and oxygen atoms in total. The van der Waals surface area contributed by atoms with E-state index in [1.54, 1.807) is 33.1 Å². The summed E-state index contributed by atoms with van der Waals surface area (Å²) in [5.41, 5.74) is -0.444. The Balaban J connectivity index is 2.53. The molecule has 0 aliphatic carbocycles. The van der Waals surface area contributed by atoms with Crippen molar-refractivity contribution in [1.29, 1.82) is 0 Å². The van der Waals surface area contributed by atoms with Crippen LogP contribution in [0.3, 0.4) is 0 Å². The first kappa shape index (κ1) is 16.2. The summed E-state index contributed by atoms with van der Waals surface area (Å²) in [5, 5.41) is 5.48. The zero-order valence-corrected chi connectivity index (χ0v) is 12.2. The quantitative estimate of drug-likeness (QED) is 0.590. The number of methoxy groups -OCH3 is 1. The maximum atomic E-state index is 12.2. The zero-order chi connectivity index (χ0) is 15.0. The van der Waals surface area contributed by atoms with Gasteiger partial charge in [-0.15, -0.1) is 0 Å². The monoisotopic (exact) mass is 278 g/mol. The first-order chi connectivity index (χ1) is 9.48. The Morgan fingerprint density at radius 3 is 2.40 bits per heavy atom. The second-order valence-corrected chi connectivity index (χ2v) is 5.05. The molecule has 0 heterocycles. The molecule has 0 saturated heterocycles.